The predicted molar refractivity (Wildman–Crippen MR) is 61.7 cm³/mol. The first-order valence-corrected chi connectivity index (χ1v) is 7.78. The van der Waals surface area contributed by atoms with Crippen molar-refractivity contribution < 1.29 is 0 Å². The van der Waals surface area contributed by atoms with E-state index in [1.807, 2.05) is 0 Å². The van der Waals surface area contributed by atoms with Crippen LogP contribution >= 0.6 is 11.6 Å². The third kappa shape index (κ3) is 10.9. The van der Waals surface area contributed by atoms with Gasteiger partial charge in [-0.1, -0.05) is 37.2 Å². The maximum atomic E-state index is 5.25. The number of hydrogen-bond donors (Lipinski definition) is 0. The van der Waals surface area contributed by atoms with Crippen molar-refractivity contribution in [3.63, 3.8) is 0 Å². The van der Waals surface area contributed by atoms with Crippen LogP contribution in [0.1, 0.15) is 0 Å². The maximum Gasteiger partial charge on any atom is 0.130 e. The van der Waals surface area contributed by atoms with Crippen LogP contribution < -0.4 is 0 Å². The molecule has 0 nitrogen and oxygen atoms in total. The zero-order valence-corrected chi connectivity index (χ0v) is 9.79. The van der Waals surface area contributed by atoms with E-state index in [1.54, 1.807) is 0 Å². The van der Waals surface area contributed by atoms with Gasteiger partial charge >= 0.3 is 0 Å². The number of allylic oxidation sites excluding steroid dienone is 1. The Morgan fingerprint density at radius 2 is 1.62 bits per heavy atom. The lowest BCUT2D eigenvalue weighted by Crippen LogP contribution is -2.16. The molecule has 0 aliphatic rings. The summed E-state index contributed by atoms with van der Waals surface area (Å²) in [5.41, 5.74) is 4.47. The molecule has 0 radical (unpaired) electrons. The van der Waals surface area contributed by atoms with E-state index in [-0.39, 0.29) is 0 Å². The van der Waals surface area contributed by atoms with Gasteiger partial charge in [0.1, 0.15) is 8.07 Å². The Bertz CT molecular complexity index is 353. The van der Waals surface area contributed by atoms with Gasteiger partial charge in [0.2, 0.25) is 0 Å². The summed E-state index contributed by atoms with van der Waals surface area (Å²) in [5.74, 6) is 13.3. The highest BCUT2D eigenvalue weighted by Crippen LogP contribution is 1.95. The Morgan fingerprint density at radius 3 is 2.15 bits per heavy atom. The molecule has 0 spiro atoms. The summed E-state index contributed by atoms with van der Waals surface area (Å²) in [6, 6.07) is 0. The molecule has 0 rings (SSSR count). The first-order valence-electron chi connectivity index (χ1n) is 3.84. The number of hydrogen-bond acceptors (Lipinski definition) is 0. The highest BCUT2D eigenvalue weighted by atomic mass is 35.5. The van der Waals surface area contributed by atoms with Gasteiger partial charge in [-0.25, -0.2) is 0 Å². The lowest BCUT2D eigenvalue weighted by Gasteiger charge is -2.01. The molecule has 0 heterocycles. The summed E-state index contributed by atoms with van der Waals surface area (Å²) in [4.78, 5) is 0. The lowest BCUT2D eigenvalue weighted by atomic mass is 10.5. The molecule has 2 heteroatoms. The van der Waals surface area contributed by atoms with Gasteiger partial charge in [0.25, 0.3) is 0 Å². The lowest BCUT2D eigenvalue weighted by molar-refractivity contribution is 1.81. The average Bonchev–Trinajstić information content (AvgIpc) is 2.01. The maximum absolute atomic E-state index is 5.25. The minimum atomic E-state index is -1.28. The van der Waals surface area contributed by atoms with Crippen LogP contribution in [0.3, 0.4) is 0 Å². The monoisotopic (exact) mass is 206 g/mol. The Morgan fingerprint density at radius 1 is 1.00 bits per heavy atom. The normalized spacial score (nSPS) is 8.92. The van der Waals surface area contributed by atoms with E-state index in [1.165, 1.54) is 11.6 Å². The minimum absolute atomic E-state index is 1.28. The van der Waals surface area contributed by atoms with E-state index < -0.39 is 8.07 Å². The second-order valence-corrected chi connectivity index (χ2v) is 8.31. The first-order chi connectivity index (χ1) is 6.06. The smallest absolute Gasteiger partial charge is 0.118 e. The van der Waals surface area contributed by atoms with Gasteiger partial charge in [0, 0.05) is 11.6 Å². The minimum Gasteiger partial charge on any atom is -0.118 e. The van der Waals surface area contributed by atoms with Gasteiger partial charge in [-0.3, -0.25) is 0 Å². The van der Waals surface area contributed by atoms with Crippen LogP contribution in [0.15, 0.2) is 11.6 Å². The van der Waals surface area contributed by atoms with Crippen LogP contribution in [0.4, 0.5) is 0 Å². The molecule has 0 aromatic carbocycles. The van der Waals surface area contributed by atoms with E-state index in [2.05, 4.69) is 54.8 Å². The standard InChI is InChI=1S/C11H11ClSi/c1-13(2,3)11-9-7-5-4-6-8-10-12/h8,10H,1-3H3/b10-8+. The summed E-state index contributed by atoms with van der Waals surface area (Å²) in [7, 11) is -1.28. The molecule has 0 saturated carbocycles. The van der Waals surface area contributed by atoms with Crippen molar-refractivity contribution in [1.82, 2.24) is 0 Å². The molecule has 0 amide bonds. The molecule has 0 saturated heterocycles. The van der Waals surface area contributed by atoms with Crippen molar-refractivity contribution >= 4 is 19.7 Å². The summed E-state index contributed by atoms with van der Waals surface area (Å²) in [6.45, 7) is 6.51. The Kier molecular flexibility index (Phi) is 5.91. The van der Waals surface area contributed by atoms with Crippen molar-refractivity contribution in [1.29, 1.82) is 0 Å². The third-order valence-corrected chi connectivity index (χ3v) is 1.84. The van der Waals surface area contributed by atoms with Crippen molar-refractivity contribution in [3.05, 3.63) is 11.6 Å². The molecule has 0 atom stereocenters. The largest absolute Gasteiger partial charge is 0.130 e. The summed E-state index contributed by atoms with van der Waals surface area (Å²) >= 11 is 5.25. The quantitative estimate of drug-likeness (QED) is 0.422. The van der Waals surface area contributed by atoms with Gasteiger partial charge in [-0.2, -0.15) is 0 Å². The van der Waals surface area contributed by atoms with E-state index >= 15 is 0 Å². The molecular weight excluding hydrogens is 196 g/mol. The molecule has 0 aliphatic heterocycles. The van der Waals surface area contributed by atoms with E-state index in [9.17, 15) is 0 Å². The van der Waals surface area contributed by atoms with Crippen molar-refractivity contribution in [3.8, 4) is 35.1 Å². The fourth-order valence-corrected chi connectivity index (χ4v) is 0.891. The summed E-state index contributed by atoms with van der Waals surface area (Å²) in [6.07, 6.45) is 1.53. The SMILES string of the molecule is C[Si](C)(C)C#CC#CC#C/C=C/Cl. The van der Waals surface area contributed by atoms with Crippen LogP contribution in [-0.4, -0.2) is 8.07 Å². The van der Waals surface area contributed by atoms with Crippen LogP contribution in [0.25, 0.3) is 0 Å². The fraction of sp³-hybridized carbons (Fsp3) is 0.273. The highest BCUT2D eigenvalue weighted by molar-refractivity contribution is 6.83. The fourth-order valence-electron chi connectivity index (χ4n) is 0.390. The van der Waals surface area contributed by atoms with Gasteiger partial charge in [0.05, 0.1) is 0 Å². The molecule has 0 aromatic heterocycles. The number of halogens is 1. The topological polar surface area (TPSA) is 0 Å². The zero-order chi connectivity index (χ0) is 10.2. The summed E-state index contributed by atoms with van der Waals surface area (Å²) < 4.78 is 0. The average molecular weight is 207 g/mol. The van der Waals surface area contributed by atoms with Gasteiger partial charge in [-0.05, 0) is 23.7 Å². The molecule has 0 aliphatic carbocycles. The van der Waals surface area contributed by atoms with Crippen molar-refractivity contribution in [2.24, 2.45) is 0 Å². The third-order valence-electron chi connectivity index (χ3n) is 0.843. The molecule has 66 valence electrons. The molecule has 0 aromatic rings. The molecule has 13 heavy (non-hydrogen) atoms. The Labute approximate surface area is 86.4 Å². The van der Waals surface area contributed by atoms with Crippen LogP contribution in [0.2, 0.25) is 19.6 Å². The Balaban J connectivity index is 4.15. The number of rotatable bonds is 0. The van der Waals surface area contributed by atoms with Gasteiger partial charge in [-0.15, -0.1) is 5.54 Å². The molecular formula is C11H11ClSi. The van der Waals surface area contributed by atoms with E-state index in [0.29, 0.717) is 0 Å². The second-order valence-electron chi connectivity index (χ2n) is 3.31. The zero-order valence-electron chi connectivity index (χ0n) is 8.03. The first kappa shape index (κ1) is 11.9. The van der Waals surface area contributed by atoms with Crippen molar-refractivity contribution in [2.45, 2.75) is 19.6 Å². The van der Waals surface area contributed by atoms with Gasteiger partial charge in [0.15, 0.2) is 0 Å². The van der Waals surface area contributed by atoms with Crippen LogP contribution in [-0.2, 0) is 0 Å². The van der Waals surface area contributed by atoms with E-state index in [4.69, 9.17) is 11.6 Å². The van der Waals surface area contributed by atoms with Gasteiger partial charge < -0.3 is 0 Å². The molecule has 0 bridgehead atoms. The van der Waals surface area contributed by atoms with Crippen LogP contribution in [0, 0.1) is 35.1 Å². The molecule has 0 unspecified atom stereocenters. The second kappa shape index (κ2) is 6.44. The molecule has 0 fully saturated rings. The predicted octanol–water partition coefficient (Wildman–Crippen LogP) is 2.63. The highest BCUT2D eigenvalue weighted by Gasteiger charge is 2.06. The van der Waals surface area contributed by atoms with E-state index in [0.717, 1.165) is 0 Å². The van der Waals surface area contributed by atoms with Crippen LogP contribution in [0.5, 0.6) is 0 Å². The Hall–Kier alpha value is -1.07. The van der Waals surface area contributed by atoms with Crippen molar-refractivity contribution in [2.75, 3.05) is 0 Å². The molecule has 0 N–H and O–H groups in total. The summed E-state index contributed by atoms with van der Waals surface area (Å²) in [5, 5.41) is 0.